The highest BCUT2D eigenvalue weighted by Crippen LogP contribution is 2.15. The third-order valence-electron chi connectivity index (χ3n) is 1.28. The van der Waals surface area contributed by atoms with Gasteiger partial charge in [-0.25, -0.2) is 4.98 Å². The Labute approximate surface area is 67.4 Å². The highest BCUT2D eigenvalue weighted by atomic mass is 16.1. The molecule has 12 heavy (non-hydrogen) atoms. The first-order valence-corrected chi connectivity index (χ1v) is 3.03. The topological polar surface area (TPSA) is 110 Å². The number of hydrogen-bond acceptors (Lipinski definition) is 3. The predicted octanol–water partition coefficient (Wildman–Crippen LogP) is 0.461. The largest absolute Gasteiger partial charge is 0.364 e. The van der Waals surface area contributed by atoms with Gasteiger partial charge in [-0.1, -0.05) is 0 Å². The van der Waals surface area contributed by atoms with E-state index in [9.17, 15) is 4.79 Å². The fraction of sp³-hybridized carbons (Fsp3) is 0.200. The zero-order chi connectivity index (χ0) is 9.14. The van der Waals surface area contributed by atoms with Gasteiger partial charge in [-0.2, -0.15) is 0 Å². The first-order valence-electron chi connectivity index (χ1n) is 3.03. The van der Waals surface area contributed by atoms with Crippen molar-refractivity contribution >= 4 is 11.7 Å². The van der Waals surface area contributed by atoms with Crippen LogP contribution in [0, 0.1) is 0 Å². The Hall–Kier alpha value is -2.01. The lowest BCUT2D eigenvalue weighted by molar-refractivity contribution is 0.0996. The average molecular weight is 166 g/mol. The molecule has 7 nitrogen and oxygen atoms in total. The molecule has 0 aliphatic carbocycles. The standard InChI is InChI=1S/C5H6N6O/c1-11-2-8-3(4(6)12)5(11)9-10-7/h2H,1H3,(H2,6,12). The van der Waals surface area contributed by atoms with Crippen molar-refractivity contribution in [1.29, 1.82) is 0 Å². The van der Waals surface area contributed by atoms with Crippen molar-refractivity contribution in [2.45, 2.75) is 0 Å². The van der Waals surface area contributed by atoms with Gasteiger partial charge in [-0.15, -0.1) is 0 Å². The monoisotopic (exact) mass is 166 g/mol. The number of azide groups is 1. The Morgan fingerprint density at radius 2 is 2.58 bits per heavy atom. The lowest BCUT2D eigenvalue weighted by Crippen LogP contribution is -2.11. The number of aromatic nitrogens is 2. The number of primary amides is 1. The molecule has 1 aromatic heterocycles. The van der Waals surface area contributed by atoms with E-state index in [-0.39, 0.29) is 11.5 Å². The summed E-state index contributed by atoms with van der Waals surface area (Å²) in [5.74, 6) is -0.581. The minimum atomic E-state index is -0.710. The van der Waals surface area contributed by atoms with Crippen LogP contribution in [0.15, 0.2) is 11.4 Å². The second-order valence-corrected chi connectivity index (χ2v) is 2.08. The normalized spacial score (nSPS) is 9.08. The van der Waals surface area contributed by atoms with Crippen LogP contribution in [0.5, 0.6) is 0 Å². The fourth-order valence-corrected chi connectivity index (χ4v) is 0.758. The highest BCUT2D eigenvalue weighted by molar-refractivity contribution is 5.95. The Balaban J connectivity index is 3.30. The van der Waals surface area contributed by atoms with Crippen molar-refractivity contribution in [1.82, 2.24) is 9.55 Å². The molecule has 0 spiro atoms. The second-order valence-electron chi connectivity index (χ2n) is 2.08. The van der Waals surface area contributed by atoms with E-state index in [0.29, 0.717) is 0 Å². The van der Waals surface area contributed by atoms with Gasteiger partial charge in [0.2, 0.25) is 0 Å². The number of carbonyl (C=O) groups excluding carboxylic acids is 1. The average Bonchev–Trinajstić information content (AvgIpc) is 2.34. The maximum Gasteiger partial charge on any atom is 0.269 e. The molecule has 0 aromatic carbocycles. The summed E-state index contributed by atoms with van der Waals surface area (Å²) in [6, 6.07) is 0. The lowest BCUT2D eigenvalue weighted by atomic mass is 10.4. The SMILES string of the molecule is Cn1cnc(C(N)=O)c1N=[N+]=[N-]. The molecule has 1 aromatic rings. The molecule has 0 bridgehead atoms. The highest BCUT2D eigenvalue weighted by Gasteiger charge is 2.11. The molecule has 1 amide bonds. The molecule has 0 unspecified atom stereocenters. The van der Waals surface area contributed by atoms with Crippen LogP contribution in [-0.4, -0.2) is 15.5 Å². The van der Waals surface area contributed by atoms with Crippen molar-refractivity contribution in [3.8, 4) is 0 Å². The van der Waals surface area contributed by atoms with Crippen molar-refractivity contribution in [2.24, 2.45) is 17.9 Å². The number of rotatable bonds is 2. The van der Waals surface area contributed by atoms with Crippen molar-refractivity contribution in [2.75, 3.05) is 0 Å². The summed E-state index contributed by atoms with van der Waals surface area (Å²) < 4.78 is 1.42. The molecule has 0 saturated carbocycles. The number of hydrogen-bond donors (Lipinski definition) is 1. The van der Waals surface area contributed by atoms with Crippen LogP contribution in [-0.2, 0) is 7.05 Å². The first kappa shape index (κ1) is 8.09. The van der Waals surface area contributed by atoms with Crippen molar-refractivity contribution in [3.63, 3.8) is 0 Å². The zero-order valence-corrected chi connectivity index (χ0v) is 6.30. The van der Waals surface area contributed by atoms with Gasteiger partial charge < -0.3 is 10.3 Å². The molecular weight excluding hydrogens is 160 g/mol. The molecule has 7 heteroatoms. The number of amides is 1. The molecule has 0 fully saturated rings. The molecular formula is C5H6N6O. The van der Waals surface area contributed by atoms with E-state index in [2.05, 4.69) is 15.0 Å². The smallest absolute Gasteiger partial charge is 0.269 e. The van der Waals surface area contributed by atoms with Gasteiger partial charge in [-0.3, -0.25) is 4.79 Å². The lowest BCUT2D eigenvalue weighted by Gasteiger charge is -1.93. The maximum absolute atomic E-state index is 10.7. The van der Waals surface area contributed by atoms with Gasteiger partial charge in [0, 0.05) is 12.0 Å². The van der Waals surface area contributed by atoms with Crippen LogP contribution in [0.4, 0.5) is 5.82 Å². The number of nitrogens with zero attached hydrogens (tertiary/aromatic N) is 5. The van der Waals surface area contributed by atoms with Crippen LogP contribution in [0.2, 0.25) is 0 Å². The third kappa shape index (κ3) is 1.21. The van der Waals surface area contributed by atoms with Gasteiger partial charge in [0.25, 0.3) is 5.91 Å². The van der Waals surface area contributed by atoms with Crippen LogP contribution < -0.4 is 5.73 Å². The van der Waals surface area contributed by atoms with E-state index in [1.54, 1.807) is 7.05 Å². The van der Waals surface area contributed by atoms with Gasteiger partial charge in [0.1, 0.15) is 5.82 Å². The molecule has 0 aliphatic heterocycles. The van der Waals surface area contributed by atoms with Gasteiger partial charge in [0.15, 0.2) is 5.69 Å². The first-order chi connectivity index (χ1) is 5.66. The molecule has 1 rings (SSSR count). The predicted molar refractivity (Wildman–Crippen MR) is 40.5 cm³/mol. The summed E-state index contributed by atoms with van der Waals surface area (Å²) in [7, 11) is 1.60. The molecule has 62 valence electrons. The number of nitrogens with two attached hydrogens (primary N) is 1. The summed E-state index contributed by atoms with van der Waals surface area (Å²) in [6.07, 6.45) is 1.35. The zero-order valence-electron chi connectivity index (χ0n) is 6.30. The van der Waals surface area contributed by atoms with Crippen LogP contribution in [0.3, 0.4) is 0 Å². The third-order valence-corrected chi connectivity index (χ3v) is 1.28. The van der Waals surface area contributed by atoms with E-state index in [0.717, 1.165) is 0 Å². The molecule has 0 aliphatic rings. The van der Waals surface area contributed by atoms with E-state index in [1.165, 1.54) is 10.9 Å². The molecule has 1 heterocycles. The summed E-state index contributed by atoms with van der Waals surface area (Å²) in [5, 5.41) is 3.27. The number of carbonyl (C=O) groups is 1. The number of imidazole rings is 1. The van der Waals surface area contributed by atoms with E-state index >= 15 is 0 Å². The maximum atomic E-state index is 10.7. The van der Waals surface area contributed by atoms with E-state index < -0.39 is 5.91 Å². The minimum Gasteiger partial charge on any atom is -0.364 e. The summed E-state index contributed by atoms with van der Waals surface area (Å²) >= 11 is 0. The molecule has 0 atom stereocenters. The Morgan fingerprint density at radius 3 is 3.08 bits per heavy atom. The molecule has 0 radical (unpaired) electrons. The van der Waals surface area contributed by atoms with Crippen LogP contribution >= 0.6 is 0 Å². The Morgan fingerprint density at radius 1 is 1.92 bits per heavy atom. The van der Waals surface area contributed by atoms with Gasteiger partial charge in [0.05, 0.1) is 6.33 Å². The molecule has 0 saturated heterocycles. The van der Waals surface area contributed by atoms with Crippen molar-refractivity contribution in [3.05, 3.63) is 22.5 Å². The Bertz CT molecular complexity index is 360. The van der Waals surface area contributed by atoms with Gasteiger partial charge in [-0.05, 0) is 10.6 Å². The fourth-order valence-electron chi connectivity index (χ4n) is 0.758. The van der Waals surface area contributed by atoms with E-state index in [4.69, 9.17) is 11.3 Å². The van der Waals surface area contributed by atoms with E-state index in [1.807, 2.05) is 0 Å². The Kier molecular flexibility index (Phi) is 1.98. The number of aryl methyl sites for hydroxylation is 1. The second kappa shape index (κ2) is 2.93. The summed E-state index contributed by atoms with van der Waals surface area (Å²) in [6.45, 7) is 0. The van der Waals surface area contributed by atoms with Crippen molar-refractivity contribution < 1.29 is 4.79 Å². The quantitative estimate of drug-likeness (QED) is 0.391. The minimum absolute atomic E-state index is 0.0182. The van der Waals surface area contributed by atoms with Crippen LogP contribution in [0.25, 0.3) is 10.4 Å². The van der Waals surface area contributed by atoms with Crippen LogP contribution in [0.1, 0.15) is 10.5 Å². The molecule has 2 N–H and O–H groups in total. The summed E-state index contributed by atoms with van der Waals surface area (Å²) in [4.78, 5) is 16.9. The summed E-state index contributed by atoms with van der Waals surface area (Å²) in [5.41, 5.74) is 13.1. The van der Waals surface area contributed by atoms with Gasteiger partial charge >= 0.3 is 0 Å².